The van der Waals surface area contributed by atoms with Gasteiger partial charge in [-0.1, -0.05) is 12.1 Å². The van der Waals surface area contributed by atoms with Crippen molar-refractivity contribution in [2.75, 3.05) is 6.61 Å². The average molecular weight is 455 g/mol. The lowest BCUT2D eigenvalue weighted by Gasteiger charge is -2.27. The van der Waals surface area contributed by atoms with Gasteiger partial charge in [0.25, 0.3) is 0 Å². The molecule has 3 aromatic heterocycles. The molecule has 1 atom stereocenters. The lowest BCUT2D eigenvalue weighted by atomic mass is 9.82. The third kappa shape index (κ3) is 4.28. The second-order valence-electron chi connectivity index (χ2n) is 7.59. The minimum atomic E-state index is -4.42. The Balaban J connectivity index is 1.81. The van der Waals surface area contributed by atoms with Crippen molar-refractivity contribution < 1.29 is 22.7 Å². The Morgan fingerprint density at radius 1 is 1.03 bits per heavy atom. The number of halogens is 3. The molecule has 0 saturated heterocycles. The number of carbonyl (C=O) groups is 1. The fourth-order valence-corrected chi connectivity index (χ4v) is 3.65. The average Bonchev–Trinajstić information content (AvgIpc) is 3.23. The van der Waals surface area contributed by atoms with Crippen LogP contribution in [0.5, 0.6) is 0 Å². The van der Waals surface area contributed by atoms with Crippen molar-refractivity contribution in [1.82, 2.24) is 24.6 Å². The van der Waals surface area contributed by atoms with Gasteiger partial charge < -0.3 is 4.74 Å². The van der Waals surface area contributed by atoms with E-state index in [0.717, 1.165) is 12.1 Å². The molecule has 0 fully saturated rings. The van der Waals surface area contributed by atoms with Crippen LogP contribution in [0.4, 0.5) is 13.2 Å². The maximum Gasteiger partial charge on any atom is 0.416 e. The van der Waals surface area contributed by atoms with Crippen molar-refractivity contribution in [3.8, 4) is 11.1 Å². The number of rotatable bonds is 6. The van der Waals surface area contributed by atoms with Crippen molar-refractivity contribution in [1.29, 1.82) is 0 Å². The number of nitrogens with zero attached hydrogens (tertiary/aromatic N) is 5. The standard InChI is InChI=1S/C23H20F3N5O2/c1-3-33-21(32)22(2,13-19-27-10-4-11-28-19)18-9-12-29-20-17(14-30-31(18)20)15-5-7-16(8-6-15)23(24,25)26/h4-12,14H,3,13H2,1-2H3. The minimum absolute atomic E-state index is 0.154. The number of carbonyl (C=O) groups excluding carboxylic acids is 1. The first kappa shape index (κ1) is 22.4. The van der Waals surface area contributed by atoms with Gasteiger partial charge in [0.1, 0.15) is 11.2 Å². The van der Waals surface area contributed by atoms with E-state index in [1.165, 1.54) is 29.0 Å². The first-order chi connectivity index (χ1) is 15.7. The van der Waals surface area contributed by atoms with Gasteiger partial charge in [0, 0.05) is 30.6 Å². The summed E-state index contributed by atoms with van der Waals surface area (Å²) >= 11 is 0. The van der Waals surface area contributed by atoms with E-state index in [2.05, 4.69) is 20.1 Å². The molecule has 0 aliphatic heterocycles. The quantitative estimate of drug-likeness (QED) is 0.404. The van der Waals surface area contributed by atoms with E-state index in [-0.39, 0.29) is 13.0 Å². The number of hydrogen-bond donors (Lipinski definition) is 0. The Morgan fingerprint density at radius 2 is 1.73 bits per heavy atom. The van der Waals surface area contributed by atoms with Gasteiger partial charge in [-0.05, 0) is 43.7 Å². The molecule has 4 rings (SSSR count). The SMILES string of the molecule is CCOC(=O)C(C)(Cc1ncccn1)c1ccnc2c(-c3ccc(C(F)(F)F)cc3)cnn12. The smallest absolute Gasteiger partial charge is 0.416 e. The van der Waals surface area contributed by atoms with Crippen LogP contribution in [-0.4, -0.2) is 37.1 Å². The van der Waals surface area contributed by atoms with Crippen LogP contribution in [0.3, 0.4) is 0 Å². The molecule has 10 heteroatoms. The lowest BCUT2D eigenvalue weighted by molar-refractivity contribution is -0.149. The molecule has 0 spiro atoms. The summed E-state index contributed by atoms with van der Waals surface area (Å²) < 4.78 is 45.7. The van der Waals surface area contributed by atoms with Crippen molar-refractivity contribution in [2.24, 2.45) is 0 Å². The van der Waals surface area contributed by atoms with E-state index < -0.39 is 23.1 Å². The number of esters is 1. The van der Waals surface area contributed by atoms with Crippen molar-refractivity contribution in [3.05, 3.63) is 78.3 Å². The molecule has 0 N–H and O–H groups in total. The molecule has 3 heterocycles. The number of aromatic nitrogens is 5. The highest BCUT2D eigenvalue weighted by molar-refractivity contribution is 5.84. The zero-order valence-corrected chi connectivity index (χ0v) is 17.9. The predicted octanol–water partition coefficient (Wildman–Crippen LogP) is 4.27. The summed E-state index contributed by atoms with van der Waals surface area (Å²) in [6, 6.07) is 8.11. The first-order valence-corrected chi connectivity index (χ1v) is 10.2. The summed E-state index contributed by atoms with van der Waals surface area (Å²) in [5.74, 6) is -0.0235. The highest BCUT2D eigenvalue weighted by Gasteiger charge is 2.41. The van der Waals surface area contributed by atoms with Gasteiger partial charge in [0.2, 0.25) is 0 Å². The van der Waals surface area contributed by atoms with Crippen LogP contribution in [0.25, 0.3) is 16.8 Å². The molecule has 1 unspecified atom stereocenters. The Bertz CT molecular complexity index is 1270. The minimum Gasteiger partial charge on any atom is -0.465 e. The molecule has 33 heavy (non-hydrogen) atoms. The fraction of sp³-hybridized carbons (Fsp3) is 0.261. The molecule has 0 aliphatic carbocycles. The highest BCUT2D eigenvalue weighted by atomic mass is 19.4. The van der Waals surface area contributed by atoms with Crippen LogP contribution in [-0.2, 0) is 27.5 Å². The maximum atomic E-state index is 13.1. The van der Waals surface area contributed by atoms with E-state index >= 15 is 0 Å². The molecule has 7 nitrogen and oxygen atoms in total. The van der Waals surface area contributed by atoms with Gasteiger partial charge in [0.15, 0.2) is 5.65 Å². The monoisotopic (exact) mass is 455 g/mol. The highest BCUT2D eigenvalue weighted by Crippen LogP contribution is 2.34. The lowest BCUT2D eigenvalue weighted by Crippen LogP contribution is -2.39. The molecule has 0 amide bonds. The van der Waals surface area contributed by atoms with Crippen molar-refractivity contribution in [2.45, 2.75) is 31.9 Å². The summed E-state index contributed by atoms with van der Waals surface area (Å²) in [5.41, 5.74) is 0.0178. The van der Waals surface area contributed by atoms with Crippen LogP contribution in [0.15, 0.2) is 61.2 Å². The normalized spacial score (nSPS) is 13.6. The second kappa shape index (κ2) is 8.61. The second-order valence-corrected chi connectivity index (χ2v) is 7.59. The number of benzene rings is 1. The van der Waals surface area contributed by atoms with E-state index in [9.17, 15) is 18.0 Å². The molecular formula is C23H20F3N5O2. The summed E-state index contributed by atoms with van der Waals surface area (Å²) in [6.07, 6.45) is 1.95. The largest absolute Gasteiger partial charge is 0.465 e. The van der Waals surface area contributed by atoms with Crippen molar-refractivity contribution in [3.63, 3.8) is 0 Å². The molecule has 0 radical (unpaired) electrons. The van der Waals surface area contributed by atoms with Crippen LogP contribution >= 0.6 is 0 Å². The van der Waals surface area contributed by atoms with E-state index in [1.54, 1.807) is 38.4 Å². The number of hydrogen-bond acceptors (Lipinski definition) is 6. The third-order valence-electron chi connectivity index (χ3n) is 5.35. The van der Waals surface area contributed by atoms with Crippen LogP contribution in [0.1, 0.15) is 30.9 Å². The topological polar surface area (TPSA) is 82.3 Å². The molecule has 4 aromatic rings. The van der Waals surface area contributed by atoms with Gasteiger partial charge in [-0.3, -0.25) is 4.79 Å². The Morgan fingerprint density at radius 3 is 2.36 bits per heavy atom. The van der Waals surface area contributed by atoms with Gasteiger partial charge in [-0.2, -0.15) is 18.3 Å². The third-order valence-corrected chi connectivity index (χ3v) is 5.35. The maximum absolute atomic E-state index is 13.1. The molecule has 1 aromatic carbocycles. The molecular weight excluding hydrogens is 435 g/mol. The Kier molecular flexibility index (Phi) is 5.84. The molecule has 0 saturated carbocycles. The molecule has 0 bridgehead atoms. The Labute approximate surface area is 187 Å². The van der Waals surface area contributed by atoms with Gasteiger partial charge in [-0.25, -0.2) is 19.5 Å². The van der Waals surface area contributed by atoms with E-state index in [1.807, 2.05) is 0 Å². The van der Waals surface area contributed by atoms with Crippen LogP contribution < -0.4 is 0 Å². The number of fused-ring (bicyclic) bond motifs is 1. The molecule has 170 valence electrons. The summed E-state index contributed by atoms with van der Waals surface area (Å²) in [4.78, 5) is 25.9. The molecule has 0 aliphatic rings. The van der Waals surface area contributed by atoms with Gasteiger partial charge in [0.05, 0.1) is 24.1 Å². The number of alkyl halides is 3. The number of ether oxygens (including phenoxy) is 1. The Hall–Kier alpha value is -3.82. The van der Waals surface area contributed by atoms with Crippen LogP contribution in [0.2, 0.25) is 0 Å². The van der Waals surface area contributed by atoms with E-state index in [4.69, 9.17) is 4.74 Å². The van der Waals surface area contributed by atoms with Crippen molar-refractivity contribution >= 4 is 11.6 Å². The zero-order valence-electron chi connectivity index (χ0n) is 17.9. The van der Waals surface area contributed by atoms with Crippen LogP contribution in [0, 0.1) is 0 Å². The zero-order chi connectivity index (χ0) is 23.6. The fourth-order valence-electron chi connectivity index (χ4n) is 3.65. The van der Waals surface area contributed by atoms with Gasteiger partial charge >= 0.3 is 12.1 Å². The predicted molar refractivity (Wildman–Crippen MR) is 113 cm³/mol. The summed E-state index contributed by atoms with van der Waals surface area (Å²) in [7, 11) is 0. The van der Waals surface area contributed by atoms with E-state index in [0.29, 0.717) is 28.3 Å². The van der Waals surface area contributed by atoms with Gasteiger partial charge in [-0.15, -0.1) is 0 Å². The first-order valence-electron chi connectivity index (χ1n) is 10.2. The summed E-state index contributed by atoms with van der Waals surface area (Å²) in [5, 5.41) is 4.40. The summed E-state index contributed by atoms with van der Waals surface area (Å²) in [6.45, 7) is 3.62.